The topological polar surface area (TPSA) is 90.7 Å². The lowest BCUT2D eigenvalue weighted by atomic mass is 9.80. The zero-order valence-electron chi connectivity index (χ0n) is 10.7. The third-order valence-corrected chi connectivity index (χ3v) is 3.61. The summed E-state index contributed by atoms with van der Waals surface area (Å²) in [5, 5.41) is 3.94. The fourth-order valence-electron chi connectivity index (χ4n) is 2.58. The fourth-order valence-corrected chi connectivity index (χ4v) is 2.58. The highest BCUT2D eigenvalue weighted by Crippen LogP contribution is 2.29. The van der Waals surface area contributed by atoms with Crippen molar-refractivity contribution in [3.8, 4) is 11.5 Å². The largest absolute Gasteiger partial charge is 0.339 e. The Morgan fingerprint density at radius 2 is 2.05 bits per heavy atom. The quantitative estimate of drug-likeness (QED) is 0.902. The van der Waals surface area contributed by atoms with E-state index in [1.165, 1.54) is 19.3 Å². The van der Waals surface area contributed by atoms with Crippen molar-refractivity contribution in [3.63, 3.8) is 0 Å². The van der Waals surface area contributed by atoms with E-state index in [9.17, 15) is 0 Å². The summed E-state index contributed by atoms with van der Waals surface area (Å²) < 4.78 is 5.28. The van der Waals surface area contributed by atoms with Crippen LogP contribution in [0.2, 0.25) is 0 Å². The summed E-state index contributed by atoms with van der Waals surface area (Å²) in [6, 6.07) is 0. The predicted octanol–water partition coefficient (Wildman–Crippen LogP) is 1.73. The van der Waals surface area contributed by atoms with Gasteiger partial charge < -0.3 is 10.3 Å². The number of aromatic nitrogens is 4. The van der Waals surface area contributed by atoms with E-state index < -0.39 is 0 Å². The Kier molecular flexibility index (Phi) is 3.25. The minimum atomic E-state index is -0.190. The van der Waals surface area contributed by atoms with E-state index in [0.29, 0.717) is 23.8 Å². The molecule has 1 saturated carbocycles. The minimum absolute atomic E-state index is 0.190. The summed E-state index contributed by atoms with van der Waals surface area (Å²) in [6.07, 6.45) is 11.2. The Balaban J connectivity index is 1.75. The van der Waals surface area contributed by atoms with Crippen molar-refractivity contribution in [1.82, 2.24) is 20.1 Å². The molecule has 2 N–H and O–H groups in total. The highest BCUT2D eigenvalue weighted by atomic mass is 16.5. The van der Waals surface area contributed by atoms with Crippen LogP contribution in [0.1, 0.15) is 38.0 Å². The number of nitrogens with zero attached hydrogens (tertiary/aromatic N) is 4. The SMILES string of the molecule is NC1(Cc2nc(-c3cnccn3)no2)CCCCC1. The molecule has 0 aromatic carbocycles. The Morgan fingerprint density at radius 3 is 2.79 bits per heavy atom. The van der Waals surface area contributed by atoms with Gasteiger partial charge in [-0.25, -0.2) is 4.98 Å². The van der Waals surface area contributed by atoms with E-state index in [1.807, 2.05) is 0 Å². The van der Waals surface area contributed by atoms with Crippen molar-refractivity contribution in [2.75, 3.05) is 0 Å². The predicted molar refractivity (Wildman–Crippen MR) is 69.0 cm³/mol. The average molecular weight is 259 g/mol. The van der Waals surface area contributed by atoms with Gasteiger partial charge in [0.05, 0.1) is 6.20 Å². The first-order valence-corrected chi connectivity index (χ1v) is 6.63. The number of nitrogens with two attached hydrogens (primary N) is 1. The molecule has 6 heteroatoms. The molecule has 2 heterocycles. The number of rotatable bonds is 3. The molecule has 0 atom stereocenters. The van der Waals surface area contributed by atoms with Gasteiger partial charge in [0, 0.05) is 24.4 Å². The second kappa shape index (κ2) is 5.05. The highest BCUT2D eigenvalue weighted by molar-refractivity contribution is 5.45. The van der Waals surface area contributed by atoms with Crippen LogP contribution in [0.15, 0.2) is 23.1 Å². The maximum absolute atomic E-state index is 6.38. The van der Waals surface area contributed by atoms with Gasteiger partial charge in [-0.2, -0.15) is 4.98 Å². The highest BCUT2D eigenvalue weighted by Gasteiger charge is 2.30. The molecule has 0 amide bonds. The van der Waals surface area contributed by atoms with E-state index in [0.717, 1.165) is 12.8 Å². The Labute approximate surface area is 111 Å². The van der Waals surface area contributed by atoms with Crippen LogP contribution >= 0.6 is 0 Å². The van der Waals surface area contributed by atoms with Gasteiger partial charge in [0.25, 0.3) is 0 Å². The zero-order valence-corrected chi connectivity index (χ0v) is 10.7. The Hall–Kier alpha value is -1.82. The first-order valence-electron chi connectivity index (χ1n) is 6.63. The molecular weight excluding hydrogens is 242 g/mol. The lowest BCUT2D eigenvalue weighted by molar-refractivity contribution is 0.261. The van der Waals surface area contributed by atoms with Gasteiger partial charge in [-0.15, -0.1) is 0 Å². The first-order chi connectivity index (χ1) is 9.25. The van der Waals surface area contributed by atoms with Crippen LogP contribution in [0, 0.1) is 0 Å². The molecule has 19 heavy (non-hydrogen) atoms. The normalized spacial score (nSPS) is 18.4. The van der Waals surface area contributed by atoms with Crippen LogP contribution < -0.4 is 5.73 Å². The third-order valence-electron chi connectivity index (χ3n) is 3.61. The van der Waals surface area contributed by atoms with Crippen molar-refractivity contribution in [1.29, 1.82) is 0 Å². The molecule has 0 unspecified atom stereocenters. The monoisotopic (exact) mass is 259 g/mol. The van der Waals surface area contributed by atoms with E-state index in [4.69, 9.17) is 10.3 Å². The molecule has 2 aromatic heterocycles. The van der Waals surface area contributed by atoms with E-state index in [-0.39, 0.29) is 5.54 Å². The molecule has 0 saturated heterocycles. The van der Waals surface area contributed by atoms with Crippen LogP contribution in [0.3, 0.4) is 0 Å². The van der Waals surface area contributed by atoms with Crippen molar-refractivity contribution >= 4 is 0 Å². The van der Waals surface area contributed by atoms with Crippen LogP contribution in [0.4, 0.5) is 0 Å². The molecule has 1 fully saturated rings. The van der Waals surface area contributed by atoms with Crippen molar-refractivity contribution in [2.24, 2.45) is 5.73 Å². The van der Waals surface area contributed by atoms with Gasteiger partial charge >= 0.3 is 0 Å². The standard InChI is InChI=1S/C13H17N5O/c14-13(4-2-1-3-5-13)8-11-17-12(18-19-11)10-9-15-6-7-16-10/h6-7,9H,1-5,8,14H2. The zero-order chi connectivity index (χ0) is 13.1. The molecule has 3 rings (SSSR count). The lowest BCUT2D eigenvalue weighted by Crippen LogP contribution is -2.43. The second-order valence-corrected chi connectivity index (χ2v) is 5.20. The summed E-state index contributed by atoms with van der Waals surface area (Å²) in [4.78, 5) is 12.5. The van der Waals surface area contributed by atoms with Gasteiger partial charge in [-0.1, -0.05) is 24.4 Å². The van der Waals surface area contributed by atoms with Crippen LogP contribution in [0.25, 0.3) is 11.5 Å². The fraction of sp³-hybridized carbons (Fsp3) is 0.538. The van der Waals surface area contributed by atoms with E-state index in [1.54, 1.807) is 18.6 Å². The average Bonchev–Trinajstić information content (AvgIpc) is 2.88. The lowest BCUT2D eigenvalue weighted by Gasteiger charge is -2.31. The molecule has 0 radical (unpaired) electrons. The smallest absolute Gasteiger partial charge is 0.228 e. The first kappa shape index (κ1) is 12.2. The van der Waals surface area contributed by atoms with Gasteiger partial charge in [-0.3, -0.25) is 4.98 Å². The third kappa shape index (κ3) is 2.78. The van der Waals surface area contributed by atoms with E-state index in [2.05, 4.69) is 20.1 Å². The molecule has 1 aliphatic carbocycles. The maximum atomic E-state index is 6.38. The Bertz CT molecular complexity index is 533. The molecule has 1 aliphatic rings. The molecule has 0 aliphatic heterocycles. The van der Waals surface area contributed by atoms with Gasteiger partial charge in [0.2, 0.25) is 11.7 Å². The molecule has 0 bridgehead atoms. The van der Waals surface area contributed by atoms with Gasteiger partial charge in [0.15, 0.2) is 0 Å². The Morgan fingerprint density at radius 1 is 1.21 bits per heavy atom. The summed E-state index contributed by atoms with van der Waals surface area (Å²) in [5.41, 5.74) is 6.81. The molecule has 2 aromatic rings. The summed E-state index contributed by atoms with van der Waals surface area (Å²) in [6.45, 7) is 0. The van der Waals surface area contributed by atoms with E-state index >= 15 is 0 Å². The van der Waals surface area contributed by atoms with Gasteiger partial charge in [-0.05, 0) is 12.8 Å². The van der Waals surface area contributed by atoms with Crippen molar-refractivity contribution in [2.45, 2.75) is 44.1 Å². The molecule has 0 spiro atoms. The van der Waals surface area contributed by atoms with Crippen LogP contribution in [-0.2, 0) is 6.42 Å². The van der Waals surface area contributed by atoms with Crippen molar-refractivity contribution in [3.05, 3.63) is 24.5 Å². The molecule has 100 valence electrons. The van der Waals surface area contributed by atoms with Crippen LogP contribution in [-0.4, -0.2) is 25.6 Å². The summed E-state index contributed by atoms with van der Waals surface area (Å²) >= 11 is 0. The summed E-state index contributed by atoms with van der Waals surface area (Å²) in [5.74, 6) is 1.06. The van der Waals surface area contributed by atoms with Crippen molar-refractivity contribution < 1.29 is 4.52 Å². The number of hydrogen-bond acceptors (Lipinski definition) is 6. The number of hydrogen-bond donors (Lipinski definition) is 1. The molecule has 6 nitrogen and oxygen atoms in total. The molecular formula is C13H17N5O. The minimum Gasteiger partial charge on any atom is -0.339 e. The van der Waals surface area contributed by atoms with Gasteiger partial charge in [0.1, 0.15) is 5.69 Å². The summed E-state index contributed by atoms with van der Waals surface area (Å²) in [7, 11) is 0. The second-order valence-electron chi connectivity index (χ2n) is 5.20. The van der Waals surface area contributed by atoms with Crippen LogP contribution in [0.5, 0.6) is 0 Å². The maximum Gasteiger partial charge on any atom is 0.228 e.